The molecule has 0 aliphatic rings. The van der Waals surface area contributed by atoms with Crippen molar-refractivity contribution in [2.24, 2.45) is 11.7 Å². The summed E-state index contributed by atoms with van der Waals surface area (Å²) >= 11 is 0. The minimum Gasteiger partial charge on any atom is -0.355 e. The van der Waals surface area contributed by atoms with Crippen LogP contribution in [0.2, 0.25) is 0 Å². The maximum Gasteiger partial charge on any atom is 0.222 e. The minimum atomic E-state index is 0.0340. The van der Waals surface area contributed by atoms with Gasteiger partial charge in [0.15, 0.2) is 0 Å². The third-order valence-electron chi connectivity index (χ3n) is 2.67. The maximum atomic E-state index is 11.5. The maximum absolute atomic E-state index is 11.5. The second-order valence-corrected chi connectivity index (χ2v) is 3.80. The Morgan fingerprint density at radius 3 is 2.47 bits per heavy atom. The molecular formula is C11H25N3O. The summed E-state index contributed by atoms with van der Waals surface area (Å²) in [6, 6.07) is 0. The molecule has 0 saturated carbocycles. The van der Waals surface area contributed by atoms with Crippen LogP contribution in [-0.2, 0) is 4.79 Å². The molecule has 0 bridgehead atoms. The van der Waals surface area contributed by atoms with Crippen LogP contribution in [0.1, 0.15) is 27.2 Å². The van der Waals surface area contributed by atoms with Gasteiger partial charge in [0.1, 0.15) is 0 Å². The zero-order valence-corrected chi connectivity index (χ0v) is 10.3. The number of nitrogens with zero attached hydrogens (tertiary/aromatic N) is 1. The number of carbonyl (C=O) groups is 1. The van der Waals surface area contributed by atoms with Crippen LogP contribution >= 0.6 is 0 Å². The van der Waals surface area contributed by atoms with E-state index in [4.69, 9.17) is 5.73 Å². The first-order valence-electron chi connectivity index (χ1n) is 5.85. The average molecular weight is 215 g/mol. The molecule has 1 atom stereocenters. The number of amides is 1. The van der Waals surface area contributed by atoms with Gasteiger partial charge in [-0.1, -0.05) is 20.8 Å². The monoisotopic (exact) mass is 215 g/mol. The van der Waals surface area contributed by atoms with Crippen LogP contribution in [0.15, 0.2) is 0 Å². The lowest BCUT2D eigenvalue weighted by molar-refractivity contribution is -0.124. The van der Waals surface area contributed by atoms with Gasteiger partial charge in [-0.25, -0.2) is 0 Å². The SMILES string of the molecule is CCN(CC)CCNC(=O)C(C)CCN. The summed E-state index contributed by atoms with van der Waals surface area (Å²) in [5, 5.41) is 2.93. The summed E-state index contributed by atoms with van der Waals surface area (Å²) in [5.41, 5.74) is 5.40. The first-order valence-corrected chi connectivity index (χ1v) is 5.85. The summed E-state index contributed by atoms with van der Waals surface area (Å²) in [7, 11) is 0. The third kappa shape index (κ3) is 6.47. The molecular weight excluding hydrogens is 190 g/mol. The molecule has 3 N–H and O–H groups in total. The highest BCUT2D eigenvalue weighted by Gasteiger charge is 2.10. The minimum absolute atomic E-state index is 0.0340. The number of nitrogens with two attached hydrogens (primary N) is 1. The van der Waals surface area contributed by atoms with Crippen molar-refractivity contribution in [2.75, 3.05) is 32.7 Å². The Hall–Kier alpha value is -0.610. The molecule has 1 amide bonds. The smallest absolute Gasteiger partial charge is 0.222 e. The Bertz CT molecular complexity index is 169. The largest absolute Gasteiger partial charge is 0.355 e. The van der Waals surface area contributed by atoms with Gasteiger partial charge in [-0.05, 0) is 26.1 Å². The number of rotatable bonds is 8. The van der Waals surface area contributed by atoms with Gasteiger partial charge >= 0.3 is 0 Å². The lowest BCUT2D eigenvalue weighted by Gasteiger charge is -2.18. The summed E-state index contributed by atoms with van der Waals surface area (Å²) in [5.74, 6) is 0.152. The number of hydrogen-bond acceptors (Lipinski definition) is 3. The summed E-state index contributed by atoms with van der Waals surface area (Å²) < 4.78 is 0. The highest BCUT2D eigenvalue weighted by molar-refractivity contribution is 5.78. The van der Waals surface area contributed by atoms with Crippen molar-refractivity contribution in [1.29, 1.82) is 0 Å². The van der Waals surface area contributed by atoms with Crippen LogP contribution in [0.3, 0.4) is 0 Å². The quantitative estimate of drug-likeness (QED) is 0.617. The fourth-order valence-electron chi connectivity index (χ4n) is 1.43. The Morgan fingerprint density at radius 1 is 1.40 bits per heavy atom. The molecule has 0 aromatic carbocycles. The van der Waals surface area contributed by atoms with Crippen LogP contribution in [0, 0.1) is 5.92 Å². The van der Waals surface area contributed by atoms with Crippen molar-refractivity contribution in [3.63, 3.8) is 0 Å². The molecule has 15 heavy (non-hydrogen) atoms. The Kier molecular flexibility index (Phi) is 8.33. The van der Waals surface area contributed by atoms with Gasteiger partial charge in [-0.3, -0.25) is 4.79 Å². The predicted molar refractivity (Wildman–Crippen MR) is 63.6 cm³/mol. The molecule has 0 aliphatic carbocycles. The molecule has 0 spiro atoms. The number of nitrogens with one attached hydrogen (secondary N) is 1. The zero-order valence-electron chi connectivity index (χ0n) is 10.3. The first-order chi connectivity index (χ1) is 7.15. The lowest BCUT2D eigenvalue weighted by atomic mass is 10.1. The first kappa shape index (κ1) is 14.4. The number of likely N-dealkylation sites (N-methyl/N-ethyl adjacent to an activating group) is 1. The fraction of sp³-hybridized carbons (Fsp3) is 0.909. The van der Waals surface area contributed by atoms with Gasteiger partial charge in [-0.2, -0.15) is 0 Å². The molecule has 90 valence electrons. The highest BCUT2D eigenvalue weighted by atomic mass is 16.1. The van der Waals surface area contributed by atoms with E-state index in [0.717, 1.165) is 32.6 Å². The molecule has 0 fully saturated rings. The van der Waals surface area contributed by atoms with E-state index in [1.54, 1.807) is 0 Å². The van der Waals surface area contributed by atoms with Gasteiger partial charge in [0.05, 0.1) is 0 Å². The Balaban J connectivity index is 3.62. The van der Waals surface area contributed by atoms with Crippen LogP contribution in [0.25, 0.3) is 0 Å². The fourth-order valence-corrected chi connectivity index (χ4v) is 1.43. The van der Waals surface area contributed by atoms with E-state index in [9.17, 15) is 4.79 Å². The van der Waals surface area contributed by atoms with Crippen molar-refractivity contribution in [3.05, 3.63) is 0 Å². The molecule has 0 aromatic heterocycles. The van der Waals surface area contributed by atoms with E-state index in [1.807, 2.05) is 6.92 Å². The lowest BCUT2D eigenvalue weighted by Crippen LogP contribution is -2.37. The van der Waals surface area contributed by atoms with Gasteiger partial charge in [0.25, 0.3) is 0 Å². The Morgan fingerprint density at radius 2 is 2.00 bits per heavy atom. The van der Waals surface area contributed by atoms with Gasteiger partial charge < -0.3 is 16.0 Å². The van der Waals surface area contributed by atoms with E-state index in [2.05, 4.69) is 24.1 Å². The van der Waals surface area contributed by atoms with E-state index in [-0.39, 0.29) is 11.8 Å². The van der Waals surface area contributed by atoms with Crippen LogP contribution in [-0.4, -0.2) is 43.5 Å². The molecule has 0 aromatic rings. The van der Waals surface area contributed by atoms with Crippen molar-refractivity contribution in [3.8, 4) is 0 Å². The van der Waals surface area contributed by atoms with Gasteiger partial charge in [-0.15, -0.1) is 0 Å². The van der Waals surface area contributed by atoms with E-state index < -0.39 is 0 Å². The highest BCUT2D eigenvalue weighted by Crippen LogP contribution is 1.98. The third-order valence-corrected chi connectivity index (χ3v) is 2.67. The standard InChI is InChI=1S/C11H25N3O/c1-4-14(5-2)9-8-13-11(15)10(3)6-7-12/h10H,4-9,12H2,1-3H3,(H,13,15). The summed E-state index contributed by atoms with van der Waals surface area (Å²) in [4.78, 5) is 13.8. The average Bonchev–Trinajstić information content (AvgIpc) is 2.24. The summed E-state index contributed by atoms with van der Waals surface area (Å²) in [6.45, 7) is 10.5. The van der Waals surface area contributed by atoms with Crippen LogP contribution in [0.5, 0.6) is 0 Å². The van der Waals surface area contributed by atoms with Gasteiger partial charge in [0, 0.05) is 19.0 Å². The molecule has 0 aliphatic heterocycles. The summed E-state index contributed by atoms with van der Waals surface area (Å²) in [6.07, 6.45) is 0.761. The molecule has 4 nitrogen and oxygen atoms in total. The van der Waals surface area contributed by atoms with Crippen molar-refractivity contribution < 1.29 is 4.79 Å². The molecule has 0 saturated heterocycles. The second-order valence-electron chi connectivity index (χ2n) is 3.80. The topological polar surface area (TPSA) is 58.4 Å². The predicted octanol–water partition coefficient (Wildman–Crippen LogP) is 0.429. The van der Waals surface area contributed by atoms with Crippen molar-refractivity contribution in [1.82, 2.24) is 10.2 Å². The van der Waals surface area contributed by atoms with Crippen molar-refractivity contribution >= 4 is 5.91 Å². The normalized spacial score (nSPS) is 12.9. The van der Waals surface area contributed by atoms with E-state index >= 15 is 0 Å². The van der Waals surface area contributed by atoms with E-state index in [1.165, 1.54) is 0 Å². The van der Waals surface area contributed by atoms with Crippen LogP contribution < -0.4 is 11.1 Å². The van der Waals surface area contributed by atoms with E-state index in [0.29, 0.717) is 6.54 Å². The molecule has 4 heteroatoms. The molecule has 0 rings (SSSR count). The Labute approximate surface area is 93.2 Å². The van der Waals surface area contributed by atoms with Crippen LogP contribution in [0.4, 0.5) is 0 Å². The number of carbonyl (C=O) groups excluding carboxylic acids is 1. The van der Waals surface area contributed by atoms with Gasteiger partial charge in [0.2, 0.25) is 5.91 Å². The molecule has 0 heterocycles. The van der Waals surface area contributed by atoms with Crippen molar-refractivity contribution in [2.45, 2.75) is 27.2 Å². The number of hydrogen-bond donors (Lipinski definition) is 2. The molecule has 0 radical (unpaired) electrons. The zero-order chi connectivity index (χ0) is 11.7. The second kappa shape index (κ2) is 8.68. The molecule has 1 unspecified atom stereocenters.